The number of carbonyl (C=O) groups excluding carboxylic acids is 1. The van der Waals surface area contributed by atoms with E-state index in [0.717, 1.165) is 12.2 Å². The van der Waals surface area contributed by atoms with Gasteiger partial charge in [0.05, 0.1) is 17.7 Å². The van der Waals surface area contributed by atoms with Gasteiger partial charge in [-0.3, -0.25) is 4.79 Å². The minimum Gasteiger partial charge on any atom is -0.350 e. The van der Waals surface area contributed by atoms with E-state index in [2.05, 4.69) is 15.6 Å². The van der Waals surface area contributed by atoms with E-state index in [0.29, 0.717) is 19.0 Å². The topological polar surface area (TPSA) is 54.0 Å². The van der Waals surface area contributed by atoms with Crippen LogP contribution >= 0.6 is 11.3 Å². The molecule has 1 saturated carbocycles. The van der Waals surface area contributed by atoms with Crippen LogP contribution in [0.4, 0.5) is 0 Å². The summed E-state index contributed by atoms with van der Waals surface area (Å²) in [5.41, 5.74) is 2.71. The van der Waals surface area contributed by atoms with Crippen molar-refractivity contribution in [1.82, 2.24) is 15.6 Å². The molecule has 82 valence electrons. The van der Waals surface area contributed by atoms with Crippen molar-refractivity contribution in [2.45, 2.75) is 31.8 Å². The Labute approximate surface area is 93.1 Å². The molecule has 1 fully saturated rings. The van der Waals surface area contributed by atoms with Gasteiger partial charge < -0.3 is 10.6 Å². The molecule has 0 aromatic carbocycles. The monoisotopic (exact) mass is 225 g/mol. The first-order chi connectivity index (χ1) is 7.34. The standard InChI is InChI=1S/C10H15N3OS/c14-10(3-4-11-8-1-2-8)12-5-9-6-15-7-13-9/h6-8,11H,1-5H2,(H,12,14). The number of hydrogen-bond acceptors (Lipinski definition) is 4. The SMILES string of the molecule is O=C(CCNC1CC1)NCc1cscn1. The summed E-state index contributed by atoms with van der Waals surface area (Å²) in [6, 6.07) is 0.677. The first-order valence-electron chi connectivity index (χ1n) is 5.22. The molecule has 0 aliphatic heterocycles. The van der Waals surface area contributed by atoms with E-state index in [9.17, 15) is 4.79 Å². The van der Waals surface area contributed by atoms with Crippen molar-refractivity contribution in [1.29, 1.82) is 0 Å². The molecule has 0 radical (unpaired) electrons. The summed E-state index contributed by atoms with van der Waals surface area (Å²) >= 11 is 1.55. The second-order valence-electron chi connectivity index (χ2n) is 3.73. The van der Waals surface area contributed by atoms with Crippen LogP contribution in [0.3, 0.4) is 0 Å². The molecule has 4 nitrogen and oxygen atoms in total. The van der Waals surface area contributed by atoms with Gasteiger partial charge in [0.1, 0.15) is 0 Å². The third-order valence-corrected chi connectivity index (χ3v) is 2.95. The van der Waals surface area contributed by atoms with Gasteiger partial charge in [-0.05, 0) is 12.8 Å². The van der Waals surface area contributed by atoms with Gasteiger partial charge in [0, 0.05) is 24.4 Å². The fraction of sp³-hybridized carbons (Fsp3) is 0.600. The van der Waals surface area contributed by atoms with E-state index in [-0.39, 0.29) is 5.91 Å². The Hall–Kier alpha value is -0.940. The normalized spacial score (nSPS) is 15.2. The quantitative estimate of drug-likeness (QED) is 0.756. The molecule has 2 rings (SSSR count). The summed E-state index contributed by atoms with van der Waals surface area (Å²) in [5.74, 6) is 0.0937. The van der Waals surface area contributed by atoms with Crippen LogP contribution in [-0.2, 0) is 11.3 Å². The van der Waals surface area contributed by atoms with Crippen molar-refractivity contribution in [3.63, 3.8) is 0 Å². The molecule has 2 N–H and O–H groups in total. The van der Waals surface area contributed by atoms with Crippen molar-refractivity contribution < 1.29 is 4.79 Å². The largest absolute Gasteiger partial charge is 0.350 e. The number of rotatable bonds is 6. The zero-order chi connectivity index (χ0) is 10.5. The van der Waals surface area contributed by atoms with Crippen molar-refractivity contribution in [3.05, 3.63) is 16.6 Å². The van der Waals surface area contributed by atoms with Gasteiger partial charge in [-0.15, -0.1) is 11.3 Å². The summed E-state index contributed by atoms with van der Waals surface area (Å²) in [5, 5.41) is 8.10. The highest BCUT2D eigenvalue weighted by atomic mass is 32.1. The molecule has 5 heteroatoms. The third-order valence-electron chi connectivity index (χ3n) is 2.31. The number of aromatic nitrogens is 1. The summed E-state index contributed by atoms with van der Waals surface area (Å²) < 4.78 is 0. The third kappa shape index (κ3) is 3.97. The minimum atomic E-state index is 0.0937. The molecule has 0 spiro atoms. The highest BCUT2D eigenvalue weighted by Gasteiger charge is 2.19. The van der Waals surface area contributed by atoms with Crippen molar-refractivity contribution in [2.24, 2.45) is 0 Å². The van der Waals surface area contributed by atoms with Gasteiger partial charge in [0.25, 0.3) is 0 Å². The molecule has 1 aliphatic rings. The molecule has 1 heterocycles. The molecule has 0 atom stereocenters. The number of nitrogens with one attached hydrogen (secondary N) is 2. The first kappa shape index (κ1) is 10.6. The number of thiazole rings is 1. The van der Waals surface area contributed by atoms with Crippen LogP contribution in [0, 0.1) is 0 Å². The predicted molar refractivity (Wildman–Crippen MR) is 59.6 cm³/mol. The number of carbonyl (C=O) groups is 1. The molecular formula is C10H15N3OS. The zero-order valence-corrected chi connectivity index (χ0v) is 9.35. The fourth-order valence-corrected chi connectivity index (χ4v) is 1.84. The average Bonchev–Trinajstić information content (AvgIpc) is 2.91. The van der Waals surface area contributed by atoms with Crippen LogP contribution in [0.25, 0.3) is 0 Å². The summed E-state index contributed by atoms with van der Waals surface area (Å²) in [6.45, 7) is 1.33. The van der Waals surface area contributed by atoms with Crippen LogP contribution in [-0.4, -0.2) is 23.5 Å². The van der Waals surface area contributed by atoms with Gasteiger partial charge in [0.2, 0.25) is 5.91 Å². The molecule has 15 heavy (non-hydrogen) atoms. The predicted octanol–water partition coefficient (Wildman–Crippen LogP) is 0.901. The maximum atomic E-state index is 11.4. The molecule has 0 unspecified atom stereocenters. The minimum absolute atomic E-state index is 0.0937. The Bertz CT molecular complexity index is 308. The van der Waals surface area contributed by atoms with Gasteiger partial charge in [0.15, 0.2) is 0 Å². The zero-order valence-electron chi connectivity index (χ0n) is 8.53. The summed E-state index contributed by atoms with van der Waals surface area (Å²) in [7, 11) is 0. The fourth-order valence-electron chi connectivity index (χ4n) is 1.28. The summed E-state index contributed by atoms with van der Waals surface area (Å²) in [4.78, 5) is 15.5. The lowest BCUT2D eigenvalue weighted by Gasteiger charge is -2.03. The molecule has 1 aromatic rings. The molecule has 1 aromatic heterocycles. The van der Waals surface area contributed by atoms with Gasteiger partial charge in [-0.25, -0.2) is 4.98 Å². The van der Waals surface area contributed by atoms with E-state index >= 15 is 0 Å². The van der Waals surface area contributed by atoms with Crippen molar-refractivity contribution >= 4 is 17.2 Å². The van der Waals surface area contributed by atoms with E-state index in [1.165, 1.54) is 12.8 Å². The second-order valence-corrected chi connectivity index (χ2v) is 4.45. The Kier molecular flexibility index (Phi) is 3.69. The number of nitrogens with zero attached hydrogens (tertiary/aromatic N) is 1. The van der Waals surface area contributed by atoms with Crippen molar-refractivity contribution in [3.8, 4) is 0 Å². The Morgan fingerprint density at radius 3 is 3.13 bits per heavy atom. The van der Waals surface area contributed by atoms with Gasteiger partial charge in [-0.2, -0.15) is 0 Å². The number of hydrogen-bond donors (Lipinski definition) is 2. The first-order valence-corrected chi connectivity index (χ1v) is 6.16. The maximum Gasteiger partial charge on any atom is 0.221 e. The van der Waals surface area contributed by atoms with Gasteiger partial charge in [-0.1, -0.05) is 0 Å². The molecular weight excluding hydrogens is 210 g/mol. The van der Waals surface area contributed by atoms with Crippen LogP contribution in [0.5, 0.6) is 0 Å². The molecule has 1 aliphatic carbocycles. The lowest BCUT2D eigenvalue weighted by Crippen LogP contribution is -2.28. The summed E-state index contributed by atoms with van der Waals surface area (Å²) in [6.07, 6.45) is 3.08. The van der Waals surface area contributed by atoms with Crippen LogP contribution < -0.4 is 10.6 Å². The maximum absolute atomic E-state index is 11.4. The van der Waals surface area contributed by atoms with Crippen LogP contribution in [0.1, 0.15) is 25.0 Å². The Morgan fingerprint density at radius 1 is 1.60 bits per heavy atom. The Balaban J connectivity index is 1.55. The molecule has 0 saturated heterocycles. The van der Waals surface area contributed by atoms with Crippen LogP contribution in [0.15, 0.2) is 10.9 Å². The Morgan fingerprint density at radius 2 is 2.47 bits per heavy atom. The number of amides is 1. The van der Waals surface area contributed by atoms with Gasteiger partial charge >= 0.3 is 0 Å². The van der Waals surface area contributed by atoms with E-state index < -0.39 is 0 Å². The molecule has 1 amide bonds. The molecule has 0 bridgehead atoms. The van der Waals surface area contributed by atoms with Crippen molar-refractivity contribution in [2.75, 3.05) is 6.54 Å². The van der Waals surface area contributed by atoms with Crippen LogP contribution in [0.2, 0.25) is 0 Å². The average molecular weight is 225 g/mol. The van der Waals surface area contributed by atoms with E-state index in [1.54, 1.807) is 16.8 Å². The highest BCUT2D eigenvalue weighted by molar-refractivity contribution is 7.07. The smallest absolute Gasteiger partial charge is 0.221 e. The lowest BCUT2D eigenvalue weighted by molar-refractivity contribution is -0.121. The van der Waals surface area contributed by atoms with E-state index in [1.807, 2.05) is 5.38 Å². The lowest BCUT2D eigenvalue weighted by atomic mass is 10.3. The highest BCUT2D eigenvalue weighted by Crippen LogP contribution is 2.18. The van der Waals surface area contributed by atoms with E-state index in [4.69, 9.17) is 0 Å². The second kappa shape index (κ2) is 5.23.